The molecule has 1 fully saturated rings. The Morgan fingerprint density at radius 3 is 2.58 bits per heavy atom. The number of alkyl halides is 3. The van der Waals surface area contributed by atoms with E-state index in [0.29, 0.717) is 11.1 Å². The van der Waals surface area contributed by atoms with Gasteiger partial charge < -0.3 is 10.6 Å². The van der Waals surface area contributed by atoms with Gasteiger partial charge >= 0.3 is 6.18 Å². The number of rotatable bonds is 2. The molecule has 0 spiro atoms. The zero-order valence-electron chi connectivity index (χ0n) is 12.4. The first kappa shape index (κ1) is 16.4. The summed E-state index contributed by atoms with van der Waals surface area (Å²) in [6, 6.07) is 4.68. The van der Waals surface area contributed by atoms with Crippen molar-refractivity contribution in [2.45, 2.75) is 18.6 Å². The zero-order valence-corrected chi connectivity index (χ0v) is 12.4. The number of nitrogens with zero attached hydrogens (tertiary/aromatic N) is 3. The Bertz CT molecular complexity index is 771. The highest BCUT2D eigenvalue weighted by Gasteiger charge is 2.42. The number of likely N-dealkylation sites (tertiary alicyclic amines) is 1. The average Bonchev–Trinajstić information content (AvgIpc) is 3.13. The quantitative estimate of drug-likeness (QED) is 0.851. The van der Waals surface area contributed by atoms with Gasteiger partial charge in [0.15, 0.2) is 5.69 Å². The fourth-order valence-electron chi connectivity index (χ4n) is 2.73. The second-order valence-electron chi connectivity index (χ2n) is 5.57. The number of amides is 1. The van der Waals surface area contributed by atoms with Crippen LogP contribution in [0.1, 0.15) is 22.5 Å². The fourth-order valence-corrected chi connectivity index (χ4v) is 2.73. The van der Waals surface area contributed by atoms with Gasteiger partial charge in [0.05, 0.1) is 11.8 Å². The van der Waals surface area contributed by atoms with Gasteiger partial charge in [0.1, 0.15) is 11.5 Å². The smallest absolute Gasteiger partial charge is 0.337 e. The van der Waals surface area contributed by atoms with Crippen molar-refractivity contribution < 1.29 is 22.4 Å². The van der Waals surface area contributed by atoms with Crippen molar-refractivity contribution in [3.05, 3.63) is 47.5 Å². The van der Waals surface area contributed by atoms with E-state index in [4.69, 9.17) is 5.73 Å². The molecule has 1 atom stereocenters. The van der Waals surface area contributed by atoms with E-state index in [0.717, 1.165) is 18.3 Å². The number of benzene rings is 1. The van der Waals surface area contributed by atoms with Crippen LogP contribution in [0.5, 0.6) is 0 Å². The van der Waals surface area contributed by atoms with Gasteiger partial charge in [0.25, 0.3) is 5.91 Å². The van der Waals surface area contributed by atoms with Crippen molar-refractivity contribution in [2.24, 2.45) is 5.73 Å². The molecule has 2 aromatic rings. The van der Waals surface area contributed by atoms with Crippen molar-refractivity contribution in [2.75, 3.05) is 13.1 Å². The number of para-hydroxylation sites is 1. The predicted molar refractivity (Wildman–Crippen MR) is 77.0 cm³/mol. The van der Waals surface area contributed by atoms with Gasteiger partial charge in [-0.2, -0.15) is 18.3 Å². The number of nitrogens with two attached hydrogens (primary N) is 1. The summed E-state index contributed by atoms with van der Waals surface area (Å²) in [4.78, 5) is 13.7. The summed E-state index contributed by atoms with van der Waals surface area (Å²) >= 11 is 0. The highest BCUT2D eigenvalue weighted by atomic mass is 19.4. The Balaban J connectivity index is 2.09. The molecule has 128 valence electrons. The second-order valence-corrected chi connectivity index (χ2v) is 5.57. The van der Waals surface area contributed by atoms with Gasteiger partial charge in [-0.1, -0.05) is 12.1 Å². The summed E-state index contributed by atoms with van der Waals surface area (Å²) < 4.78 is 54.8. The van der Waals surface area contributed by atoms with Crippen LogP contribution >= 0.6 is 0 Å². The van der Waals surface area contributed by atoms with Gasteiger partial charge in [-0.05, 0) is 18.6 Å². The van der Waals surface area contributed by atoms with Crippen LogP contribution in [0.15, 0.2) is 30.5 Å². The lowest BCUT2D eigenvalue weighted by Crippen LogP contribution is -2.33. The number of hydrogen-bond acceptors (Lipinski definition) is 3. The Morgan fingerprint density at radius 2 is 2.00 bits per heavy atom. The molecular weight excluding hydrogens is 328 g/mol. The van der Waals surface area contributed by atoms with Crippen molar-refractivity contribution in [3.63, 3.8) is 0 Å². The van der Waals surface area contributed by atoms with Crippen molar-refractivity contribution in [1.82, 2.24) is 14.7 Å². The minimum atomic E-state index is -4.87. The van der Waals surface area contributed by atoms with Crippen LogP contribution in [0.3, 0.4) is 0 Å². The Kier molecular flexibility index (Phi) is 4.04. The zero-order chi connectivity index (χ0) is 17.5. The van der Waals surface area contributed by atoms with Gasteiger partial charge in [0.2, 0.25) is 0 Å². The maximum atomic E-state index is 13.9. The third kappa shape index (κ3) is 2.86. The first-order valence-electron chi connectivity index (χ1n) is 7.24. The molecule has 0 radical (unpaired) electrons. The molecule has 3 rings (SSSR count). The summed E-state index contributed by atoms with van der Waals surface area (Å²) in [6.07, 6.45) is -3.53. The molecule has 0 bridgehead atoms. The average molecular weight is 342 g/mol. The first-order valence-corrected chi connectivity index (χ1v) is 7.24. The standard InChI is InChI=1S/C15H14F4N4O/c16-11-3-1-2-4-12(11)23-13(15(17,18)19)10(7-21-23)14(24)22-6-5-9(20)8-22/h1-4,7,9H,5-6,8,20H2. The van der Waals surface area contributed by atoms with E-state index < -0.39 is 29.2 Å². The van der Waals surface area contributed by atoms with Crippen LogP contribution in [0.25, 0.3) is 5.69 Å². The molecule has 9 heteroatoms. The molecule has 1 aromatic heterocycles. The topological polar surface area (TPSA) is 64.2 Å². The van der Waals surface area contributed by atoms with Gasteiger partial charge in [-0.15, -0.1) is 0 Å². The van der Waals surface area contributed by atoms with E-state index in [1.807, 2.05) is 0 Å². The molecule has 0 aliphatic carbocycles. The molecule has 1 saturated heterocycles. The van der Waals surface area contributed by atoms with Crippen molar-refractivity contribution in [1.29, 1.82) is 0 Å². The molecule has 2 N–H and O–H groups in total. The molecule has 1 aromatic carbocycles. The van der Waals surface area contributed by atoms with Crippen LogP contribution in [-0.4, -0.2) is 39.7 Å². The molecular formula is C15H14F4N4O. The SMILES string of the molecule is NC1CCN(C(=O)c2cnn(-c3ccccc3F)c2C(F)(F)F)C1. The number of carbonyl (C=O) groups is 1. The minimum Gasteiger partial charge on any atom is -0.337 e. The monoisotopic (exact) mass is 342 g/mol. The van der Waals surface area contributed by atoms with E-state index in [1.54, 1.807) is 0 Å². The number of carbonyl (C=O) groups excluding carboxylic acids is 1. The molecule has 1 aliphatic rings. The Labute approximate surface area is 134 Å². The maximum Gasteiger partial charge on any atom is 0.434 e. The van der Waals surface area contributed by atoms with E-state index in [9.17, 15) is 22.4 Å². The molecule has 1 aliphatic heterocycles. The molecule has 0 saturated carbocycles. The van der Waals surface area contributed by atoms with Crippen LogP contribution in [-0.2, 0) is 6.18 Å². The van der Waals surface area contributed by atoms with Gasteiger partial charge in [0, 0.05) is 19.1 Å². The first-order chi connectivity index (χ1) is 11.3. The summed E-state index contributed by atoms with van der Waals surface area (Å²) in [6.45, 7) is 0.461. The largest absolute Gasteiger partial charge is 0.434 e. The van der Waals surface area contributed by atoms with Crippen LogP contribution < -0.4 is 5.73 Å². The number of halogens is 4. The molecule has 1 unspecified atom stereocenters. The molecule has 24 heavy (non-hydrogen) atoms. The number of hydrogen-bond donors (Lipinski definition) is 1. The van der Waals surface area contributed by atoms with Crippen molar-refractivity contribution in [3.8, 4) is 5.69 Å². The molecule has 1 amide bonds. The third-order valence-electron chi connectivity index (χ3n) is 3.86. The Morgan fingerprint density at radius 1 is 1.29 bits per heavy atom. The van der Waals surface area contributed by atoms with E-state index in [2.05, 4.69) is 5.10 Å². The summed E-state index contributed by atoms with van der Waals surface area (Å²) in [5.74, 6) is -1.67. The van der Waals surface area contributed by atoms with Gasteiger partial charge in [-0.3, -0.25) is 4.79 Å². The molecule has 5 nitrogen and oxygen atoms in total. The summed E-state index contributed by atoms with van der Waals surface area (Å²) in [5, 5.41) is 3.60. The predicted octanol–water partition coefficient (Wildman–Crippen LogP) is 2.20. The number of aromatic nitrogens is 2. The lowest BCUT2D eigenvalue weighted by Gasteiger charge is -2.17. The van der Waals surface area contributed by atoms with Crippen LogP contribution in [0, 0.1) is 5.82 Å². The van der Waals surface area contributed by atoms with Crippen LogP contribution in [0.2, 0.25) is 0 Å². The highest BCUT2D eigenvalue weighted by molar-refractivity contribution is 5.95. The normalized spacial score (nSPS) is 18.2. The van der Waals surface area contributed by atoms with E-state index >= 15 is 0 Å². The third-order valence-corrected chi connectivity index (χ3v) is 3.86. The van der Waals surface area contributed by atoms with Crippen LogP contribution in [0.4, 0.5) is 17.6 Å². The lowest BCUT2D eigenvalue weighted by atomic mass is 10.2. The summed E-state index contributed by atoms with van der Waals surface area (Å²) in [7, 11) is 0. The molecule has 2 heterocycles. The minimum absolute atomic E-state index is 0.182. The second kappa shape index (κ2) is 5.90. The highest BCUT2D eigenvalue weighted by Crippen LogP contribution is 2.35. The fraction of sp³-hybridized carbons (Fsp3) is 0.333. The van der Waals surface area contributed by atoms with Crippen molar-refractivity contribution >= 4 is 5.91 Å². The van der Waals surface area contributed by atoms with Gasteiger partial charge in [-0.25, -0.2) is 9.07 Å². The maximum absolute atomic E-state index is 13.9. The lowest BCUT2D eigenvalue weighted by molar-refractivity contribution is -0.143. The Hall–Kier alpha value is -2.42. The van der Waals surface area contributed by atoms with E-state index in [1.165, 1.54) is 17.0 Å². The summed E-state index contributed by atoms with van der Waals surface area (Å²) in [5.41, 5.74) is 3.42. The van der Waals surface area contributed by atoms with E-state index in [-0.39, 0.29) is 24.8 Å².